The summed E-state index contributed by atoms with van der Waals surface area (Å²) in [5.41, 5.74) is 7.12. The van der Waals surface area contributed by atoms with Crippen LogP contribution in [0.4, 0.5) is 13.2 Å². The number of halogens is 3. The molecule has 27 heavy (non-hydrogen) atoms. The van der Waals surface area contributed by atoms with Gasteiger partial charge < -0.3 is 20.5 Å². The zero-order chi connectivity index (χ0) is 20.0. The van der Waals surface area contributed by atoms with Gasteiger partial charge in [-0.25, -0.2) is 0 Å². The molecule has 1 unspecified atom stereocenters. The van der Waals surface area contributed by atoms with E-state index in [0.29, 0.717) is 11.1 Å². The molecule has 2 aromatic rings. The number of amides is 1. The molecular formula is C18H18F3N3O3. The Bertz CT molecular complexity index is 790. The van der Waals surface area contributed by atoms with E-state index in [1.807, 2.05) is 0 Å². The van der Waals surface area contributed by atoms with Gasteiger partial charge in [-0.2, -0.15) is 0 Å². The topological polar surface area (TPSA) is 97.4 Å². The average Bonchev–Trinajstić information content (AvgIpc) is 2.61. The van der Waals surface area contributed by atoms with Crippen molar-refractivity contribution >= 4 is 11.7 Å². The van der Waals surface area contributed by atoms with E-state index in [4.69, 9.17) is 15.9 Å². The van der Waals surface area contributed by atoms with Gasteiger partial charge in [0.1, 0.15) is 11.6 Å². The standard InChI is InChI=1S/C18H18F3N3O3/c1-26-15(12-6-8-14(9-7-12)27-18(19,20)21)17(25)24-10-11-2-4-13(5-3-11)16(22)23/h2-9,15H,10H2,1H3,(H3,22,23)(H,24,25). The van der Waals surface area contributed by atoms with Crippen LogP contribution < -0.4 is 15.8 Å². The fourth-order valence-corrected chi connectivity index (χ4v) is 2.32. The zero-order valence-corrected chi connectivity index (χ0v) is 14.3. The molecule has 0 heterocycles. The van der Waals surface area contributed by atoms with Crippen molar-refractivity contribution in [1.29, 1.82) is 5.41 Å². The smallest absolute Gasteiger partial charge is 0.406 e. The number of carbonyl (C=O) groups excluding carboxylic acids is 1. The molecule has 0 aliphatic rings. The summed E-state index contributed by atoms with van der Waals surface area (Å²) in [6.45, 7) is 0.214. The van der Waals surface area contributed by atoms with E-state index in [1.54, 1.807) is 24.3 Å². The largest absolute Gasteiger partial charge is 0.573 e. The minimum atomic E-state index is -4.78. The van der Waals surface area contributed by atoms with Crippen molar-refractivity contribution in [2.75, 3.05) is 7.11 Å². The molecule has 0 spiro atoms. The second kappa shape index (κ2) is 8.54. The highest BCUT2D eigenvalue weighted by Crippen LogP contribution is 2.25. The second-order valence-corrected chi connectivity index (χ2v) is 5.56. The highest BCUT2D eigenvalue weighted by Gasteiger charge is 2.31. The van der Waals surface area contributed by atoms with Crippen molar-refractivity contribution < 1.29 is 27.4 Å². The van der Waals surface area contributed by atoms with Gasteiger partial charge in [0.25, 0.3) is 5.91 Å². The van der Waals surface area contributed by atoms with Crippen molar-refractivity contribution in [2.24, 2.45) is 5.73 Å². The molecule has 4 N–H and O–H groups in total. The molecule has 6 nitrogen and oxygen atoms in total. The number of carbonyl (C=O) groups is 1. The third-order valence-electron chi connectivity index (χ3n) is 3.62. The Morgan fingerprint density at radius 1 is 1.15 bits per heavy atom. The first-order chi connectivity index (χ1) is 12.7. The molecule has 1 atom stereocenters. The van der Waals surface area contributed by atoms with Crippen LogP contribution in [-0.4, -0.2) is 25.2 Å². The average molecular weight is 381 g/mol. The Kier molecular flexibility index (Phi) is 6.40. The maximum atomic E-state index is 12.3. The lowest BCUT2D eigenvalue weighted by Crippen LogP contribution is -2.30. The number of nitrogens with one attached hydrogen (secondary N) is 2. The first kappa shape index (κ1) is 20.2. The van der Waals surface area contributed by atoms with Crippen LogP contribution in [0.5, 0.6) is 5.75 Å². The summed E-state index contributed by atoms with van der Waals surface area (Å²) >= 11 is 0. The normalized spacial score (nSPS) is 12.3. The van der Waals surface area contributed by atoms with E-state index in [2.05, 4.69) is 10.1 Å². The van der Waals surface area contributed by atoms with Gasteiger partial charge in [-0.1, -0.05) is 36.4 Å². The van der Waals surface area contributed by atoms with E-state index in [-0.39, 0.29) is 18.1 Å². The van der Waals surface area contributed by atoms with Crippen molar-refractivity contribution in [3.63, 3.8) is 0 Å². The molecule has 0 radical (unpaired) electrons. The highest BCUT2D eigenvalue weighted by atomic mass is 19.4. The van der Waals surface area contributed by atoms with Gasteiger partial charge in [0, 0.05) is 19.2 Å². The molecule has 1 amide bonds. The Morgan fingerprint density at radius 2 is 1.74 bits per heavy atom. The number of hydrogen-bond donors (Lipinski definition) is 3. The highest BCUT2D eigenvalue weighted by molar-refractivity contribution is 5.94. The van der Waals surface area contributed by atoms with Gasteiger partial charge in [0.2, 0.25) is 0 Å². The lowest BCUT2D eigenvalue weighted by Gasteiger charge is -2.16. The van der Waals surface area contributed by atoms with E-state index in [1.165, 1.54) is 19.2 Å². The third-order valence-corrected chi connectivity index (χ3v) is 3.62. The maximum absolute atomic E-state index is 12.3. The van der Waals surface area contributed by atoms with Crippen LogP contribution in [0, 0.1) is 5.41 Å². The molecule has 0 aromatic heterocycles. The minimum absolute atomic E-state index is 0.0528. The van der Waals surface area contributed by atoms with Gasteiger partial charge in [-0.05, 0) is 23.3 Å². The van der Waals surface area contributed by atoms with E-state index in [9.17, 15) is 18.0 Å². The molecule has 2 rings (SSSR count). The SMILES string of the molecule is COC(C(=O)NCc1ccc(C(=N)N)cc1)c1ccc(OC(F)(F)F)cc1. The molecule has 0 saturated carbocycles. The van der Waals surface area contributed by atoms with Crippen molar-refractivity contribution in [3.8, 4) is 5.75 Å². The van der Waals surface area contributed by atoms with Crippen molar-refractivity contribution in [1.82, 2.24) is 5.32 Å². The number of benzene rings is 2. The fraction of sp³-hybridized carbons (Fsp3) is 0.222. The zero-order valence-electron chi connectivity index (χ0n) is 14.3. The van der Waals surface area contributed by atoms with Crippen LogP contribution in [-0.2, 0) is 16.1 Å². The van der Waals surface area contributed by atoms with Crippen molar-refractivity contribution in [2.45, 2.75) is 19.0 Å². The fourth-order valence-electron chi connectivity index (χ4n) is 2.32. The van der Waals surface area contributed by atoms with Gasteiger partial charge in [0.15, 0.2) is 6.10 Å². The predicted octanol–water partition coefficient (Wildman–Crippen LogP) is 2.87. The quantitative estimate of drug-likeness (QED) is 0.507. The number of nitrogens with two attached hydrogens (primary N) is 1. The molecule has 0 bridgehead atoms. The molecule has 0 aliphatic heterocycles. The first-order valence-electron chi connectivity index (χ1n) is 7.79. The molecule has 9 heteroatoms. The van der Waals surface area contributed by atoms with Gasteiger partial charge in [0.05, 0.1) is 0 Å². The van der Waals surface area contributed by atoms with Crippen LogP contribution in [0.3, 0.4) is 0 Å². The summed E-state index contributed by atoms with van der Waals surface area (Å²) in [6, 6.07) is 11.7. The lowest BCUT2D eigenvalue weighted by molar-refractivity contribution is -0.274. The summed E-state index contributed by atoms with van der Waals surface area (Å²) in [5.74, 6) is -0.882. The monoisotopic (exact) mass is 381 g/mol. The van der Waals surface area contributed by atoms with Crippen LogP contribution in [0.1, 0.15) is 22.8 Å². The van der Waals surface area contributed by atoms with E-state index < -0.39 is 18.4 Å². The molecular weight excluding hydrogens is 363 g/mol. The number of ether oxygens (including phenoxy) is 2. The number of hydrogen-bond acceptors (Lipinski definition) is 4. The van der Waals surface area contributed by atoms with Crippen LogP contribution >= 0.6 is 0 Å². The summed E-state index contributed by atoms with van der Waals surface area (Å²) in [5, 5.41) is 10.0. The second-order valence-electron chi connectivity index (χ2n) is 5.56. The number of rotatable bonds is 7. The Morgan fingerprint density at radius 3 is 2.22 bits per heavy atom. The molecule has 0 aliphatic carbocycles. The minimum Gasteiger partial charge on any atom is -0.406 e. The molecule has 144 valence electrons. The van der Waals surface area contributed by atoms with Crippen molar-refractivity contribution in [3.05, 3.63) is 65.2 Å². The van der Waals surface area contributed by atoms with Gasteiger partial charge >= 0.3 is 6.36 Å². The third kappa shape index (κ3) is 6.00. The molecule has 0 fully saturated rings. The van der Waals surface area contributed by atoms with Crippen LogP contribution in [0.2, 0.25) is 0 Å². The Hall–Kier alpha value is -3.07. The predicted molar refractivity (Wildman–Crippen MR) is 92.2 cm³/mol. The van der Waals surface area contributed by atoms with Gasteiger partial charge in [-0.3, -0.25) is 10.2 Å². The summed E-state index contributed by atoms with van der Waals surface area (Å²) in [7, 11) is 1.33. The summed E-state index contributed by atoms with van der Waals surface area (Å²) in [6.07, 6.45) is -5.77. The lowest BCUT2D eigenvalue weighted by atomic mass is 10.1. The Balaban J connectivity index is 1.99. The maximum Gasteiger partial charge on any atom is 0.573 e. The number of nitrogen functional groups attached to an aromatic ring is 1. The van der Waals surface area contributed by atoms with Gasteiger partial charge in [-0.15, -0.1) is 13.2 Å². The molecule has 0 saturated heterocycles. The van der Waals surface area contributed by atoms with Crippen LogP contribution in [0.15, 0.2) is 48.5 Å². The van der Waals surface area contributed by atoms with E-state index in [0.717, 1.165) is 17.7 Å². The number of methoxy groups -OCH3 is 1. The Labute approximate surface area is 153 Å². The number of alkyl halides is 3. The molecule has 2 aromatic carbocycles. The van der Waals surface area contributed by atoms with Crippen LogP contribution in [0.25, 0.3) is 0 Å². The summed E-state index contributed by atoms with van der Waals surface area (Å²) in [4.78, 5) is 12.3. The number of amidine groups is 1. The summed E-state index contributed by atoms with van der Waals surface area (Å²) < 4.78 is 45.5. The van der Waals surface area contributed by atoms with E-state index >= 15 is 0 Å². The first-order valence-corrected chi connectivity index (χ1v) is 7.79.